The summed E-state index contributed by atoms with van der Waals surface area (Å²) in [4.78, 5) is 22.9. The minimum atomic E-state index is 0.0320. The average molecular weight is 328 g/mol. The lowest BCUT2D eigenvalue weighted by Gasteiger charge is -2.19. The first-order valence-electron chi connectivity index (χ1n) is 8.25. The number of ether oxygens (including phenoxy) is 1. The third kappa shape index (κ3) is 2.91. The standard InChI is InChI=1S/C17H20N4O3/c1-10-3-4-12(7-18-10)17(22)21-8-13-5-14(23-15(13)9-21)6-16-19-11(2)20-24-16/h3-4,7,13-15H,5-6,8-9H2,1-2H3/t13-,14-,15+/m0/s1. The van der Waals surface area contributed by atoms with Gasteiger partial charge in [-0.2, -0.15) is 4.98 Å². The van der Waals surface area contributed by atoms with Crippen LogP contribution in [0.25, 0.3) is 0 Å². The molecule has 4 rings (SSSR count). The molecule has 2 aliphatic heterocycles. The van der Waals surface area contributed by atoms with Gasteiger partial charge in [-0.05, 0) is 32.4 Å². The zero-order valence-corrected chi connectivity index (χ0v) is 13.8. The number of aromatic nitrogens is 3. The van der Waals surface area contributed by atoms with Crippen molar-refractivity contribution in [3.63, 3.8) is 0 Å². The van der Waals surface area contributed by atoms with Gasteiger partial charge in [0.2, 0.25) is 5.89 Å². The molecule has 0 N–H and O–H groups in total. The maximum atomic E-state index is 12.6. The molecule has 1 amide bonds. The number of rotatable bonds is 3. The van der Waals surface area contributed by atoms with Crippen molar-refractivity contribution in [3.05, 3.63) is 41.3 Å². The summed E-state index contributed by atoms with van der Waals surface area (Å²) in [7, 11) is 0. The quantitative estimate of drug-likeness (QED) is 0.850. The number of hydrogen-bond donors (Lipinski definition) is 0. The first-order chi connectivity index (χ1) is 11.6. The van der Waals surface area contributed by atoms with Crippen LogP contribution in [0.2, 0.25) is 0 Å². The third-order valence-corrected chi connectivity index (χ3v) is 4.73. The number of hydrogen-bond acceptors (Lipinski definition) is 6. The smallest absolute Gasteiger partial charge is 0.255 e. The Bertz CT molecular complexity index is 729. The Hall–Kier alpha value is -2.28. The number of likely N-dealkylation sites (tertiary alicyclic amines) is 1. The van der Waals surface area contributed by atoms with Crippen molar-refractivity contribution in [2.75, 3.05) is 13.1 Å². The van der Waals surface area contributed by atoms with Crippen LogP contribution < -0.4 is 0 Å². The summed E-state index contributed by atoms with van der Waals surface area (Å²) in [6.45, 7) is 5.08. The molecule has 2 aromatic heterocycles. The highest BCUT2D eigenvalue weighted by molar-refractivity contribution is 5.94. The minimum absolute atomic E-state index is 0.0320. The van der Waals surface area contributed by atoms with Crippen molar-refractivity contribution in [3.8, 4) is 0 Å². The number of pyridine rings is 1. The van der Waals surface area contributed by atoms with Gasteiger partial charge in [-0.1, -0.05) is 5.16 Å². The first-order valence-corrected chi connectivity index (χ1v) is 8.25. The van der Waals surface area contributed by atoms with Gasteiger partial charge in [-0.15, -0.1) is 0 Å². The van der Waals surface area contributed by atoms with E-state index in [4.69, 9.17) is 9.26 Å². The van der Waals surface area contributed by atoms with Gasteiger partial charge in [-0.3, -0.25) is 9.78 Å². The fourth-order valence-corrected chi connectivity index (χ4v) is 3.55. The van der Waals surface area contributed by atoms with Gasteiger partial charge in [0.05, 0.1) is 24.2 Å². The van der Waals surface area contributed by atoms with E-state index in [9.17, 15) is 4.79 Å². The van der Waals surface area contributed by atoms with Crippen molar-refractivity contribution in [1.29, 1.82) is 0 Å². The highest BCUT2D eigenvalue weighted by Gasteiger charge is 2.43. The van der Waals surface area contributed by atoms with E-state index < -0.39 is 0 Å². The van der Waals surface area contributed by atoms with E-state index in [1.807, 2.05) is 24.0 Å². The Balaban J connectivity index is 1.35. The van der Waals surface area contributed by atoms with Crippen LogP contribution in [0.3, 0.4) is 0 Å². The van der Waals surface area contributed by atoms with E-state index in [-0.39, 0.29) is 18.1 Å². The second-order valence-corrected chi connectivity index (χ2v) is 6.63. The molecule has 126 valence electrons. The predicted molar refractivity (Wildman–Crippen MR) is 84.4 cm³/mol. The average Bonchev–Trinajstić information content (AvgIpc) is 3.22. The zero-order valence-electron chi connectivity index (χ0n) is 13.8. The second-order valence-electron chi connectivity index (χ2n) is 6.63. The largest absolute Gasteiger partial charge is 0.372 e. The van der Waals surface area contributed by atoms with E-state index in [0.29, 0.717) is 36.2 Å². The van der Waals surface area contributed by atoms with Crippen LogP contribution in [-0.4, -0.2) is 51.2 Å². The molecule has 0 aromatic carbocycles. The van der Waals surface area contributed by atoms with Gasteiger partial charge in [0.1, 0.15) is 0 Å². The second kappa shape index (κ2) is 5.98. The Morgan fingerprint density at radius 2 is 2.21 bits per heavy atom. The van der Waals surface area contributed by atoms with E-state index in [0.717, 1.165) is 18.7 Å². The third-order valence-electron chi connectivity index (χ3n) is 4.73. The number of aryl methyl sites for hydroxylation is 2. The molecule has 24 heavy (non-hydrogen) atoms. The van der Waals surface area contributed by atoms with Crippen LogP contribution in [0.1, 0.15) is 34.2 Å². The van der Waals surface area contributed by atoms with Crippen molar-refractivity contribution < 1.29 is 14.1 Å². The molecule has 0 bridgehead atoms. The summed E-state index contributed by atoms with van der Waals surface area (Å²) in [6, 6.07) is 3.70. The molecule has 2 saturated heterocycles. The van der Waals surface area contributed by atoms with Crippen LogP contribution in [0.5, 0.6) is 0 Å². The fourth-order valence-electron chi connectivity index (χ4n) is 3.55. The normalized spacial score (nSPS) is 25.9. The van der Waals surface area contributed by atoms with E-state index in [2.05, 4.69) is 15.1 Å². The number of carbonyl (C=O) groups excluding carboxylic acids is 1. The zero-order chi connectivity index (χ0) is 16.7. The molecule has 0 radical (unpaired) electrons. The van der Waals surface area contributed by atoms with Crippen LogP contribution in [-0.2, 0) is 11.2 Å². The highest BCUT2D eigenvalue weighted by atomic mass is 16.5. The summed E-state index contributed by atoms with van der Waals surface area (Å²) in [5, 5.41) is 3.81. The highest BCUT2D eigenvalue weighted by Crippen LogP contribution is 2.34. The topological polar surface area (TPSA) is 81.4 Å². The van der Waals surface area contributed by atoms with E-state index in [1.165, 1.54) is 0 Å². The number of carbonyl (C=O) groups is 1. The van der Waals surface area contributed by atoms with Crippen LogP contribution in [0.15, 0.2) is 22.9 Å². The lowest BCUT2D eigenvalue weighted by atomic mass is 10.0. The Morgan fingerprint density at radius 1 is 1.33 bits per heavy atom. The first kappa shape index (κ1) is 15.3. The molecule has 7 nitrogen and oxygen atoms in total. The predicted octanol–water partition coefficient (Wildman–Crippen LogP) is 1.55. The Kier molecular flexibility index (Phi) is 3.80. The molecule has 4 heterocycles. The van der Waals surface area contributed by atoms with Crippen molar-refractivity contribution in [1.82, 2.24) is 20.0 Å². The molecule has 0 spiro atoms. The number of fused-ring (bicyclic) bond motifs is 1. The van der Waals surface area contributed by atoms with E-state index >= 15 is 0 Å². The number of amides is 1. The molecule has 3 atom stereocenters. The summed E-state index contributed by atoms with van der Waals surface area (Å²) < 4.78 is 11.3. The van der Waals surface area contributed by atoms with Crippen molar-refractivity contribution in [2.45, 2.75) is 38.9 Å². The van der Waals surface area contributed by atoms with Crippen LogP contribution in [0.4, 0.5) is 0 Å². The molecule has 0 aliphatic carbocycles. The maximum Gasteiger partial charge on any atom is 0.255 e. The number of nitrogens with zero attached hydrogens (tertiary/aromatic N) is 4. The summed E-state index contributed by atoms with van der Waals surface area (Å²) >= 11 is 0. The van der Waals surface area contributed by atoms with Crippen LogP contribution >= 0.6 is 0 Å². The summed E-state index contributed by atoms with van der Waals surface area (Å²) in [6.07, 6.45) is 3.40. The molecule has 0 saturated carbocycles. The van der Waals surface area contributed by atoms with Gasteiger partial charge in [0.15, 0.2) is 5.82 Å². The SMILES string of the molecule is Cc1ccc(C(=O)N2C[C@@H]3C[C@@H](Cc4nc(C)no4)O[C@@H]3C2)cn1. The fraction of sp³-hybridized carbons (Fsp3) is 0.529. The van der Waals surface area contributed by atoms with Crippen molar-refractivity contribution >= 4 is 5.91 Å². The Morgan fingerprint density at radius 3 is 2.88 bits per heavy atom. The van der Waals surface area contributed by atoms with Crippen LogP contribution in [0, 0.1) is 19.8 Å². The lowest BCUT2D eigenvalue weighted by molar-refractivity contribution is 0.0330. The minimum Gasteiger partial charge on any atom is -0.372 e. The van der Waals surface area contributed by atoms with Gasteiger partial charge >= 0.3 is 0 Å². The molecule has 2 aromatic rings. The van der Waals surface area contributed by atoms with E-state index in [1.54, 1.807) is 13.1 Å². The summed E-state index contributed by atoms with van der Waals surface area (Å²) in [5.74, 6) is 1.67. The lowest BCUT2D eigenvalue weighted by Crippen LogP contribution is -2.31. The maximum absolute atomic E-state index is 12.6. The monoisotopic (exact) mass is 328 g/mol. The molecular weight excluding hydrogens is 308 g/mol. The van der Waals surface area contributed by atoms with Crippen molar-refractivity contribution in [2.24, 2.45) is 5.92 Å². The van der Waals surface area contributed by atoms with Gasteiger partial charge < -0.3 is 14.2 Å². The molecule has 7 heteroatoms. The molecule has 0 unspecified atom stereocenters. The Labute approximate surface area is 140 Å². The van der Waals surface area contributed by atoms with Gasteiger partial charge in [-0.25, -0.2) is 0 Å². The molecule has 2 aliphatic rings. The molecular formula is C17H20N4O3. The van der Waals surface area contributed by atoms with Gasteiger partial charge in [0.25, 0.3) is 5.91 Å². The van der Waals surface area contributed by atoms with Gasteiger partial charge in [0, 0.05) is 30.9 Å². The summed E-state index contributed by atoms with van der Waals surface area (Å²) in [5.41, 5.74) is 1.55. The molecule has 2 fully saturated rings.